The van der Waals surface area contributed by atoms with E-state index in [0.29, 0.717) is 0 Å². The minimum Gasteiger partial charge on any atom is -0.306 e. The Bertz CT molecular complexity index is 567. The lowest BCUT2D eigenvalue weighted by Gasteiger charge is -2.18. The van der Waals surface area contributed by atoms with E-state index in [2.05, 4.69) is 50.2 Å². The molecule has 19 heavy (non-hydrogen) atoms. The van der Waals surface area contributed by atoms with Gasteiger partial charge in [0, 0.05) is 18.8 Å². The molecule has 0 aliphatic heterocycles. The van der Waals surface area contributed by atoms with Crippen molar-refractivity contribution in [3.8, 4) is 0 Å². The molecular weight excluding hydrogens is 433 g/mol. The van der Waals surface area contributed by atoms with Gasteiger partial charge >= 0.3 is 0 Å². The average molecular weight is 444 g/mol. The van der Waals surface area contributed by atoms with Gasteiger partial charge in [-0.25, -0.2) is 0 Å². The van der Waals surface area contributed by atoms with Gasteiger partial charge in [0.05, 0.1) is 6.04 Å². The minimum absolute atomic E-state index is 0.102. The largest absolute Gasteiger partial charge is 0.306 e. The summed E-state index contributed by atoms with van der Waals surface area (Å²) in [5.41, 5.74) is 1.15. The van der Waals surface area contributed by atoms with Gasteiger partial charge in [0.2, 0.25) is 0 Å². The lowest BCUT2D eigenvalue weighted by Crippen LogP contribution is -2.21. The van der Waals surface area contributed by atoms with E-state index in [4.69, 9.17) is 23.2 Å². The summed E-state index contributed by atoms with van der Waals surface area (Å²) in [5, 5.41) is 4.19. The smallest absolute Gasteiger partial charge is 0.107 e. The van der Waals surface area contributed by atoms with Crippen LogP contribution >= 0.6 is 66.4 Å². The maximum atomic E-state index is 6.14. The van der Waals surface area contributed by atoms with Gasteiger partial charge in [-0.05, 0) is 46.2 Å². The molecule has 0 fully saturated rings. The highest BCUT2D eigenvalue weighted by Crippen LogP contribution is 2.39. The Morgan fingerprint density at radius 3 is 2.47 bits per heavy atom. The number of hydrogen-bond donors (Lipinski definition) is 1. The summed E-state index contributed by atoms with van der Waals surface area (Å²) >= 11 is 20.7. The zero-order valence-electron chi connectivity index (χ0n) is 10.0. The Balaban J connectivity index is 2.44. The zero-order valence-corrected chi connectivity index (χ0v) is 15.5. The number of hydrogen-bond acceptors (Lipinski definition) is 2. The van der Waals surface area contributed by atoms with Crippen LogP contribution in [0.4, 0.5) is 0 Å². The summed E-state index contributed by atoms with van der Waals surface area (Å²) in [5.74, 6) is 0. The van der Waals surface area contributed by atoms with Gasteiger partial charge in [0.15, 0.2) is 0 Å². The molecule has 1 nitrogen and oxygen atoms in total. The van der Waals surface area contributed by atoms with Crippen LogP contribution in [-0.2, 0) is 0 Å². The van der Waals surface area contributed by atoms with Crippen molar-refractivity contribution >= 4 is 66.4 Å². The molecule has 6 heteroatoms. The highest BCUT2D eigenvalue weighted by atomic mass is 79.9. The quantitative estimate of drug-likeness (QED) is 0.586. The number of nitrogens with one attached hydrogen (secondary N) is 1. The molecular formula is C13H11Br2Cl2NS. The Morgan fingerprint density at radius 2 is 1.95 bits per heavy atom. The predicted octanol–water partition coefficient (Wildman–Crippen LogP) is 6.28. The Hall–Kier alpha value is 0.420. The van der Waals surface area contributed by atoms with Gasteiger partial charge in [-0.15, -0.1) is 11.3 Å². The molecule has 2 aromatic rings. The van der Waals surface area contributed by atoms with E-state index in [9.17, 15) is 0 Å². The number of rotatable bonds is 4. The third-order valence-electron chi connectivity index (χ3n) is 2.63. The van der Waals surface area contributed by atoms with Gasteiger partial charge in [0.25, 0.3) is 0 Å². The second kappa shape index (κ2) is 6.92. The third kappa shape index (κ3) is 3.74. The van der Waals surface area contributed by atoms with Crippen molar-refractivity contribution in [2.75, 3.05) is 6.54 Å². The SMILES string of the molecule is CCNC(c1cc(Br)c(Cl)s1)c1ccc(Cl)cc1Br. The first kappa shape index (κ1) is 15.8. The third-order valence-corrected chi connectivity index (χ3v) is 6.09. The molecule has 1 aromatic heterocycles. The second-order valence-corrected chi connectivity index (χ2v) is 7.76. The van der Waals surface area contributed by atoms with E-state index in [1.807, 2.05) is 18.2 Å². The average Bonchev–Trinajstić information content (AvgIpc) is 2.67. The van der Waals surface area contributed by atoms with Crippen LogP contribution in [0.5, 0.6) is 0 Å². The van der Waals surface area contributed by atoms with Crippen LogP contribution < -0.4 is 5.32 Å². The van der Waals surface area contributed by atoms with Crippen molar-refractivity contribution in [2.45, 2.75) is 13.0 Å². The first-order valence-electron chi connectivity index (χ1n) is 5.66. The van der Waals surface area contributed by atoms with Gasteiger partial charge in [-0.1, -0.05) is 52.1 Å². The first-order valence-corrected chi connectivity index (χ1v) is 8.81. The maximum Gasteiger partial charge on any atom is 0.107 e. The summed E-state index contributed by atoms with van der Waals surface area (Å²) in [6.45, 7) is 2.95. The minimum atomic E-state index is 0.102. The summed E-state index contributed by atoms with van der Waals surface area (Å²) in [7, 11) is 0. The van der Waals surface area contributed by atoms with Crippen molar-refractivity contribution in [2.24, 2.45) is 0 Å². The highest BCUT2D eigenvalue weighted by molar-refractivity contribution is 9.10. The fourth-order valence-electron chi connectivity index (χ4n) is 1.81. The van der Waals surface area contributed by atoms with Crippen molar-refractivity contribution < 1.29 is 0 Å². The predicted molar refractivity (Wildman–Crippen MR) is 91.7 cm³/mol. The van der Waals surface area contributed by atoms with Gasteiger partial charge in [0.1, 0.15) is 4.34 Å². The molecule has 0 spiro atoms. The summed E-state index contributed by atoms with van der Waals surface area (Å²) in [6, 6.07) is 8.00. The van der Waals surface area contributed by atoms with E-state index < -0.39 is 0 Å². The molecule has 1 heterocycles. The van der Waals surface area contributed by atoms with Crippen LogP contribution in [-0.4, -0.2) is 6.54 Å². The van der Waals surface area contributed by atoms with Crippen molar-refractivity contribution in [3.05, 3.63) is 53.0 Å². The summed E-state index contributed by atoms with van der Waals surface area (Å²) < 4.78 is 2.69. The van der Waals surface area contributed by atoms with Gasteiger partial charge < -0.3 is 5.32 Å². The normalized spacial score (nSPS) is 12.7. The van der Waals surface area contributed by atoms with Crippen LogP contribution in [0, 0.1) is 0 Å². The Labute approximate surface area is 143 Å². The Kier molecular flexibility index (Phi) is 5.76. The van der Waals surface area contributed by atoms with Crippen LogP contribution in [0.25, 0.3) is 0 Å². The van der Waals surface area contributed by atoms with E-state index in [1.54, 1.807) is 11.3 Å². The molecule has 2 rings (SSSR count). The lowest BCUT2D eigenvalue weighted by atomic mass is 10.1. The fraction of sp³-hybridized carbons (Fsp3) is 0.231. The van der Waals surface area contributed by atoms with Gasteiger partial charge in [-0.2, -0.15) is 0 Å². The molecule has 0 aliphatic carbocycles. The standard InChI is InChI=1S/C13H11Br2Cl2NS/c1-2-18-12(11-6-10(15)13(17)19-11)8-4-3-7(16)5-9(8)14/h3-6,12,18H,2H2,1H3. The molecule has 0 saturated carbocycles. The van der Waals surface area contributed by atoms with Crippen LogP contribution in [0.15, 0.2) is 33.2 Å². The second-order valence-electron chi connectivity index (χ2n) is 3.93. The monoisotopic (exact) mass is 441 g/mol. The summed E-state index contributed by atoms with van der Waals surface area (Å²) in [4.78, 5) is 1.17. The summed E-state index contributed by atoms with van der Waals surface area (Å²) in [6.07, 6.45) is 0. The van der Waals surface area contributed by atoms with Crippen LogP contribution in [0.3, 0.4) is 0 Å². The lowest BCUT2D eigenvalue weighted by molar-refractivity contribution is 0.637. The molecule has 102 valence electrons. The van der Waals surface area contributed by atoms with E-state index in [0.717, 1.165) is 30.4 Å². The fourth-order valence-corrected chi connectivity index (χ4v) is 4.55. The molecule has 0 amide bonds. The topological polar surface area (TPSA) is 12.0 Å². The molecule has 1 N–H and O–H groups in total. The molecule has 1 aromatic carbocycles. The van der Waals surface area contributed by atoms with E-state index in [1.165, 1.54) is 4.88 Å². The maximum absolute atomic E-state index is 6.14. The van der Waals surface area contributed by atoms with E-state index >= 15 is 0 Å². The molecule has 1 unspecified atom stereocenters. The van der Waals surface area contributed by atoms with Crippen LogP contribution in [0.1, 0.15) is 23.4 Å². The first-order chi connectivity index (χ1) is 9.02. The van der Waals surface area contributed by atoms with Crippen LogP contribution in [0.2, 0.25) is 9.36 Å². The number of benzene rings is 1. The Morgan fingerprint density at radius 1 is 1.21 bits per heavy atom. The van der Waals surface area contributed by atoms with Crippen molar-refractivity contribution in [3.63, 3.8) is 0 Å². The number of halogens is 4. The highest BCUT2D eigenvalue weighted by Gasteiger charge is 2.19. The molecule has 1 atom stereocenters. The van der Waals surface area contributed by atoms with Crippen molar-refractivity contribution in [1.82, 2.24) is 5.32 Å². The van der Waals surface area contributed by atoms with E-state index in [-0.39, 0.29) is 6.04 Å². The molecule has 0 saturated heterocycles. The molecule has 0 aliphatic rings. The van der Waals surface area contributed by atoms with Gasteiger partial charge in [-0.3, -0.25) is 0 Å². The molecule has 0 bridgehead atoms. The van der Waals surface area contributed by atoms with Crippen molar-refractivity contribution in [1.29, 1.82) is 0 Å². The molecule has 0 radical (unpaired) electrons. The zero-order chi connectivity index (χ0) is 14.0. The number of thiophene rings is 1.